The zero-order chi connectivity index (χ0) is 10.8. The summed E-state index contributed by atoms with van der Waals surface area (Å²) in [5, 5.41) is 1.29. The van der Waals surface area contributed by atoms with E-state index in [1.54, 1.807) is 0 Å². The molecular weight excluding hydrogens is 186 g/mol. The maximum absolute atomic E-state index is 5.64. The van der Waals surface area contributed by atoms with Gasteiger partial charge in [-0.25, -0.2) is 0 Å². The van der Waals surface area contributed by atoms with E-state index in [2.05, 4.69) is 55.9 Å². The van der Waals surface area contributed by atoms with Crippen molar-refractivity contribution in [2.45, 2.75) is 26.6 Å². The molecular formula is C13H17NO. The average Bonchev–Trinajstić information content (AvgIpc) is 2.54. The molecule has 0 aliphatic carbocycles. The van der Waals surface area contributed by atoms with Crippen LogP contribution in [0.1, 0.15) is 19.4 Å². The van der Waals surface area contributed by atoms with Gasteiger partial charge in [-0.3, -0.25) is 0 Å². The Labute approximate surface area is 90.5 Å². The van der Waals surface area contributed by atoms with Crippen molar-refractivity contribution in [3.05, 3.63) is 36.0 Å². The van der Waals surface area contributed by atoms with E-state index in [0.717, 1.165) is 0 Å². The van der Waals surface area contributed by atoms with Gasteiger partial charge >= 0.3 is 0 Å². The van der Waals surface area contributed by atoms with Crippen LogP contribution in [-0.4, -0.2) is 10.7 Å². The minimum absolute atomic E-state index is 0.281. The Kier molecular flexibility index (Phi) is 2.78. The molecule has 1 heterocycles. The Balaban J connectivity index is 2.35. The van der Waals surface area contributed by atoms with Crippen molar-refractivity contribution in [2.24, 2.45) is 7.05 Å². The van der Waals surface area contributed by atoms with Gasteiger partial charge in [-0.2, -0.15) is 0 Å². The first-order valence-corrected chi connectivity index (χ1v) is 5.33. The van der Waals surface area contributed by atoms with Crippen LogP contribution in [0.25, 0.3) is 10.9 Å². The van der Waals surface area contributed by atoms with Crippen molar-refractivity contribution in [1.82, 2.24) is 4.57 Å². The smallest absolute Gasteiger partial charge is 0.0741 e. The van der Waals surface area contributed by atoms with Crippen molar-refractivity contribution in [1.29, 1.82) is 0 Å². The van der Waals surface area contributed by atoms with E-state index >= 15 is 0 Å². The lowest BCUT2D eigenvalue weighted by molar-refractivity contribution is 0.0663. The minimum atomic E-state index is 0.281. The van der Waals surface area contributed by atoms with Crippen LogP contribution in [0.3, 0.4) is 0 Å². The number of rotatable bonds is 3. The van der Waals surface area contributed by atoms with E-state index in [0.29, 0.717) is 6.61 Å². The molecule has 0 radical (unpaired) electrons. The molecule has 0 aliphatic rings. The van der Waals surface area contributed by atoms with Gasteiger partial charge < -0.3 is 9.30 Å². The number of aromatic nitrogens is 1. The molecule has 0 amide bonds. The van der Waals surface area contributed by atoms with Crippen LogP contribution in [0.4, 0.5) is 0 Å². The maximum atomic E-state index is 5.64. The molecule has 0 unspecified atom stereocenters. The van der Waals surface area contributed by atoms with E-state index in [1.807, 2.05) is 0 Å². The Morgan fingerprint density at radius 3 is 2.73 bits per heavy atom. The van der Waals surface area contributed by atoms with Crippen molar-refractivity contribution >= 4 is 10.9 Å². The number of fused-ring (bicyclic) bond motifs is 1. The summed E-state index contributed by atoms with van der Waals surface area (Å²) in [6.07, 6.45) is 2.43. The first kappa shape index (κ1) is 10.2. The molecule has 0 fully saturated rings. The highest BCUT2D eigenvalue weighted by atomic mass is 16.5. The van der Waals surface area contributed by atoms with E-state index in [-0.39, 0.29) is 6.10 Å². The summed E-state index contributed by atoms with van der Waals surface area (Å²) in [7, 11) is 2.07. The lowest BCUT2D eigenvalue weighted by Gasteiger charge is -2.05. The molecule has 0 atom stereocenters. The van der Waals surface area contributed by atoms with Gasteiger partial charge in [-0.1, -0.05) is 18.2 Å². The van der Waals surface area contributed by atoms with Gasteiger partial charge in [0.15, 0.2) is 0 Å². The van der Waals surface area contributed by atoms with Crippen LogP contribution in [0.2, 0.25) is 0 Å². The lowest BCUT2D eigenvalue weighted by Crippen LogP contribution is -2.01. The molecule has 1 aromatic carbocycles. The molecule has 0 saturated heterocycles. The summed E-state index contributed by atoms with van der Waals surface area (Å²) in [6.45, 7) is 4.81. The Bertz CT molecular complexity index is 457. The monoisotopic (exact) mass is 203 g/mol. The number of hydrogen-bond donors (Lipinski definition) is 0. The zero-order valence-corrected chi connectivity index (χ0v) is 9.53. The maximum Gasteiger partial charge on any atom is 0.0741 e. The van der Waals surface area contributed by atoms with Gasteiger partial charge in [-0.05, 0) is 19.9 Å². The highest BCUT2D eigenvalue weighted by Crippen LogP contribution is 2.21. The Morgan fingerprint density at radius 2 is 2.00 bits per heavy atom. The fourth-order valence-electron chi connectivity index (χ4n) is 1.80. The van der Waals surface area contributed by atoms with Gasteiger partial charge in [0.05, 0.1) is 12.7 Å². The fourth-order valence-corrected chi connectivity index (χ4v) is 1.80. The van der Waals surface area contributed by atoms with E-state index in [1.165, 1.54) is 16.5 Å². The molecule has 80 valence electrons. The summed E-state index contributed by atoms with van der Waals surface area (Å²) >= 11 is 0. The third kappa shape index (κ3) is 2.05. The predicted octanol–water partition coefficient (Wildman–Crippen LogP) is 3.10. The molecule has 2 nitrogen and oxygen atoms in total. The largest absolute Gasteiger partial charge is 0.374 e. The van der Waals surface area contributed by atoms with Gasteiger partial charge in [-0.15, -0.1) is 0 Å². The quantitative estimate of drug-likeness (QED) is 0.747. The molecule has 2 aromatic rings. The third-order valence-electron chi connectivity index (χ3n) is 2.55. The number of ether oxygens (including phenoxy) is 1. The topological polar surface area (TPSA) is 14.2 Å². The third-order valence-corrected chi connectivity index (χ3v) is 2.55. The first-order chi connectivity index (χ1) is 7.18. The van der Waals surface area contributed by atoms with E-state index in [9.17, 15) is 0 Å². The van der Waals surface area contributed by atoms with Crippen LogP contribution in [0.5, 0.6) is 0 Å². The fraction of sp³-hybridized carbons (Fsp3) is 0.385. The lowest BCUT2D eigenvalue weighted by atomic mass is 10.2. The highest BCUT2D eigenvalue weighted by molar-refractivity contribution is 5.83. The second-order valence-corrected chi connectivity index (χ2v) is 4.14. The summed E-state index contributed by atoms with van der Waals surface area (Å²) in [4.78, 5) is 0. The molecule has 0 aliphatic heterocycles. The van der Waals surface area contributed by atoms with Crippen LogP contribution in [0.15, 0.2) is 30.5 Å². The van der Waals surface area contributed by atoms with Crippen LogP contribution >= 0.6 is 0 Å². The average molecular weight is 203 g/mol. The predicted molar refractivity (Wildman–Crippen MR) is 62.8 cm³/mol. The standard InChI is InChI=1S/C13H17NO/c1-10(2)15-9-11-8-14(3)13-7-5-4-6-12(11)13/h4-8,10H,9H2,1-3H3. The molecule has 0 bridgehead atoms. The molecule has 1 aromatic heterocycles. The van der Waals surface area contributed by atoms with E-state index in [4.69, 9.17) is 4.74 Å². The van der Waals surface area contributed by atoms with Crippen LogP contribution < -0.4 is 0 Å². The number of para-hydroxylation sites is 1. The molecule has 0 spiro atoms. The van der Waals surface area contributed by atoms with Crippen LogP contribution in [-0.2, 0) is 18.4 Å². The number of nitrogens with zero attached hydrogens (tertiary/aromatic N) is 1. The number of benzene rings is 1. The van der Waals surface area contributed by atoms with Crippen molar-refractivity contribution in [3.63, 3.8) is 0 Å². The summed E-state index contributed by atoms with van der Waals surface area (Å²) < 4.78 is 7.78. The summed E-state index contributed by atoms with van der Waals surface area (Å²) in [5.74, 6) is 0. The minimum Gasteiger partial charge on any atom is -0.374 e. The van der Waals surface area contributed by atoms with Crippen molar-refractivity contribution in [2.75, 3.05) is 0 Å². The van der Waals surface area contributed by atoms with Crippen LogP contribution in [0, 0.1) is 0 Å². The number of hydrogen-bond acceptors (Lipinski definition) is 1. The molecule has 2 heteroatoms. The van der Waals surface area contributed by atoms with E-state index < -0.39 is 0 Å². The van der Waals surface area contributed by atoms with Gasteiger partial charge in [0.25, 0.3) is 0 Å². The molecule has 15 heavy (non-hydrogen) atoms. The second-order valence-electron chi connectivity index (χ2n) is 4.14. The SMILES string of the molecule is CC(C)OCc1cn(C)c2ccccc12. The molecule has 0 N–H and O–H groups in total. The van der Waals surface area contributed by atoms with Crippen molar-refractivity contribution in [3.8, 4) is 0 Å². The van der Waals surface area contributed by atoms with Crippen molar-refractivity contribution < 1.29 is 4.74 Å². The normalized spacial score (nSPS) is 11.5. The molecule has 2 rings (SSSR count). The van der Waals surface area contributed by atoms with Gasteiger partial charge in [0, 0.05) is 29.7 Å². The zero-order valence-electron chi connectivity index (χ0n) is 9.53. The molecule has 0 saturated carbocycles. The first-order valence-electron chi connectivity index (χ1n) is 5.33. The summed E-state index contributed by atoms with van der Waals surface area (Å²) in [6, 6.07) is 8.42. The number of aryl methyl sites for hydroxylation is 1. The van der Waals surface area contributed by atoms with Gasteiger partial charge in [0.1, 0.15) is 0 Å². The van der Waals surface area contributed by atoms with Gasteiger partial charge in [0.2, 0.25) is 0 Å². The highest BCUT2D eigenvalue weighted by Gasteiger charge is 2.06. The second kappa shape index (κ2) is 4.07. The Hall–Kier alpha value is -1.28. The summed E-state index contributed by atoms with van der Waals surface area (Å²) in [5.41, 5.74) is 2.53. The Morgan fingerprint density at radius 1 is 1.27 bits per heavy atom.